The third-order valence-corrected chi connectivity index (χ3v) is 7.41. The first-order valence-corrected chi connectivity index (χ1v) is 13.1. The molecule has 0 radical (unpaired) electrons. The van der Waals surface area contributed by atoms with Crippen molar-refractivity contribution in [3.8, 4) is 0 Å². The number of benzene rings is 2. The molecule has 2 aliphatic heterocycles. The maximum atomic E-state index is 13.4. The topological polar surface area (TPSA) is 87.2 Å². The van der Waals surface area contributed by atoms with Crippen molar-refractivity contribution in [3.05, 3.63) is 82.1 Å². The van der Waals surface area contributed by atoms with Gasteiger partial charge < -0.3 is 19.4 Å². The number of aryl methyl sites for hydroxylation is 1. The first kappa shape index (κ1) is 27.1. The Kier molecular flexibility index (Phi) is 8.29. The van der Waals surface area contributed by atoms with Gasteiger partial charge in [-0.2, -0.15) is 0 Å². The molecule has 0 aliphatic carbocycles. The largest absolute Gasteiger partial charge is 0.463 e. The quantitative estimate of drug-likeness (QED) is 0.546. The Bertz CT molecular complexity index is 1280. The number of hydrogen-bond donors (Lipinski definition) is 0. The minimum atomic E-state index is -0.413. The van der Waals surface area contributed by atoms with Gasteiger partial charge >= 0.3 is 5.97 Å². The summed E-state index contributed by atoms with van der Waals surface area (Å²) in [4.78, 5) is 56.4. The summed E-state index contributed by atoms with van der Waals surface area (Å²) in [5.41, 5.74) is 4.36. The fourth-order valence-corrected chi connectivity index (χ4v) is 5.31. The molecule has 0 bridgehead atoms. The van der Waals surface area contributed by atoms with E-state index in [9.17, 15) is 19.2 Å². The van der Waals surface area contributed by atoms with Crippen LogP contribution in [0.15, 0.2) is 59.8 Å². The molecular weight excluding hydrogens is 482 g/mol. The number of hydrogen-bond acceptors (Lipinski definition) is 5. The molecule has 0 spiro atoms. The Balaban J connectivity index is 1.59. The van der Waals surface area contributed by atoms with E-state index in [1.807, 2.05) is 43.3 Å². The van der Waals surface area contributed by atoms with E-state index in [-0.39, 0.29) is 43.2 Å². The molecule has 0 saturated carbocycles. The van der Waals surface area contributed by atoms with Crippen LogP contribution in [-0.4, -0.2) is 71.2 Å². The molecule has 200 valence electrons. The maximum Gasteiger partial charge on any atom is 0.336 e. The summed E-state index contributed by atoms with van der Waals surface area (Å²) in [7, 11) is 0. The van der Waals surface area contributed by atoms with Crippen LogP contribution in [-0.2, 0) is 25.7 Å². The zero-order valence-corrected chi connectivity index (χ0v) is 22.5. The number of allylic oxidation sites excluding steroid dienone is 1. The molecule has 1 unspecified atom stereocenters. The molecule has 38 heavy (non-hydrogen) atoms. The highest BCUT2D eigenvalue weighted by atomic mass is 16.5. The number of carbonyl (C=O) groups excluding carboxylic acids is 4. The highest BCUT2D eigenvalue weighted by Crippen LogP contribution is 2.39. The fraction of sp³-hybridized carbons (Fsp3) is 0.400. The summed E-state index contributed by atoms with van der Waals surface area (Å²) in [6.45, 7) is 9.57. The first-order chi connectivity index (χ1) is 18.2. The van der Waals surface area contributed by atoms with Crippen molar-refractivity contribution >= 4 is 23.7 Å². The lowest BCUT2D eigenvalue weighted by molar-refractivity contribution is -0.140. The smallest absolute Gasteiger partial charge is 0.336 e. The summed E-state index contributed by atoms with van der Waals surface area (Å²) >= 11 is 0. The number of nitrogens with zero attached hydrogens (tertiary/aromatic N) is 3. The second-order valence-electron chi connectivity index (χ2n) is 9.81. The molecule has 1 fully saturated rings. The number of rotatable bonds is 6. The summed E-state index contributed by atoms with van der Waals surface area (Å²) in [5.74, 6) is -0.953. The number of carbonyl (C=O) groups is 4. The van der Waals surface area contributed by atoms with Gasteiger partial charge in [0.2, 0.25) is 11.8 Å². The van der Waals surface area contributed by atoms with Gasteiger partial charge in [0.15, 0.2) is 0 Å². The molecule has 2 aromatic carbocycles. The standard InChI is InChI=1S/C30H35N3O5/c1-5-38-30(37)28-21(3)33(27(35)18-26(28)25-12-7-6-9-20(25)2)19-23-10-8-11-24(17-23)29(36)32-15-13-31(14-16-32)22(4)34/h6-12,17,26H,5,13-16,18-19H2,1-4H3. The van der Waals surface area contributed by atoms with Crippen LogP contribution in [0.4, 0.5) is 0 Å². The van der Waals surface area contributed by atoms with Crippen molar-refractivity contribution in [2.45, 2.75) is 46.6 Å². The second-order valence-corrected chi connectivity index (χ2v) is 9.81. The summed E-state index contributed by atoms with van der Waals surface area (Å²) < 4.78 is 5.41. The number of piperazine rings is 1. The van der Waals surface area contributed by atoms with Crippen LogP contribution in [0.25, 0.3) is 0 Å². The number of esters is 1. The molecule has 8 heteroatoms. The van der Waals surface area contributed by atoms with Crippen LogP contribution in [0.1, 0.15) is 60.2 Å². The molecule has 2 aliphatic rings. The van der Waals surface area contributed by atoms with E-state index >= 15 is 0 Å². The van der Waals surface area contributed by atoms with Gasteiger partial charge in [-0.1, -0.05) is 36.4 Å². The highest BCUT2D eigenvalue weighted by molar-refractivity contribution is 5.96. The Morgan fingerprint density at radius 1 is 0.947 bits per heavy atom. The van der Waals surface area contributed by atoms with Gasteiger partial charge in [0.25, 0.3) is 5.91 Å². The van der Waals surface area contributed by atoms with Gasteiger partial charge in [-0.15, -0.1) is 0 Å². The third-order valence-electron chi connectivity index (χ3n) is 7.41. The van der Waals surface area contributed by atoms with Gasteiger partial charge in [0.05, 0.1) is 18.7 Å². The van der Waals surface area contributed by atoms with E-state index in [0.29, 0.717) is 43.0 Å². The van der Waals surface area contributed by atoms with Crippen LogP contribution in [0.2, 0.25) is 0 Å². The van der Waals surface area contributed by atoms with Crippen LogP contribution in [0.5, 0.6) is 0 Å². The molecule has 1 saturated heterocycles. The molecule has 2 heterocycles. The molecule has 2 aromatic rings. The normalized spacial score (nSPS) is 18.1. The van der Waals surface area contributed by atoms with E-state index in [1.165, 1.54) is 6.92 Å². The maximum absolute atomic E-state index is 13.4. The Hall–Kier alpha value is -3.94. The van der Waals surface area contributed by atoms with Gasteiger partial charge in [-0.3, -0.25) is 14.4 Å². The zero-order chi connectivity index (χ0) is 27.4. The summed E-state index contributed by atoms with van der Waals surface area (Å²) in [6, 6.07) is 15.0. The third kappa shape index (κ3) is 5.64. The van der Waals surface area contributed by atoms with Gasteiger partial charge in [0.1, 0.15) is 0 Å². The lowest BCUT2D eigenvalue weighted by atomic mass is 9.81. The van der Waals surface area contributed by atoms with Crippen molar-refractivity contribution in [2.75, 3.05) is 32.8 Å². The molecule has 4 rings (SSSR count). The summed E-state index contributed by atoms with van der Waals surface area (Å²) in [5, 5.41) is 0. The number of ether oxygens (including phenoxy) is 1. The molecule has 8 nitrogen and oxygen atoms in total. The Morgan fingerprint density at radius 2 is 1.63 bits per heavy atom. The van der Waals surface area contributed by atoms with Gasteiger partial charge in [-0.25, -0.2) is 4.79 Å². The average molecular weight is 518 g/mol. The fourth-order valence-electron chi connectivity index (χ4n) is 5.31. The lowest BCUT2D eigenvalue weighted by Gasteiger charge is -2.35. The van der Waals surface area contributed by atoms with Crippen molar-refractivity contribution in [1.82, 2.24) is 14.7 Å². The molecule has 1 atom stereocenters. The highest BCUT2D eigenvalue weighted by Gasteiger charge is 2.37. The van der Waals surface area contributed by atoms with Crippen molar-refractivity contribution in [1.29, 1.82) is 0 Å². The predicted octanol–water partition coefficient (Wildman–Crippen LogP) is 3.65. The van der Waals surface area contributed by atoms with E-state index in [4.69, 9.17) is 4.74 Å². The van der Waals surface area contributed by atoms with Crippen molar-refractivity contribution < 1.29 is 23.9 Å². The van der Waals surface area contributed by atoms with Crippen LogP contribution in [0, 0.1) is 6.92 Å². The van der Waals surface area contributed by atoms with Gasteiger partial charge in [-0.05, 0) is 49.6 Å². The van der Waals surface area contributed by atoms with Crippen LogP contribution < -0.4 is 0 Å². The minimum Gasteiger partial charge on any atom is -0.463 e. The molecule has 3 amide bonds. The van der Waals surface area contributed by atoms with Crippen LogP contribution >= 0.6 is 0 Å². The predicted molar refractivity (Wildman–Crippen MR) is 143 cm³/mol. The molecule has 0 N–H and O–H groups in total. The SMILES string of the molecule is CCOC(=O)C1=C(C)N(Cc2cccc(C(=O)N3CCN(C(C)=O)CC3)c2)C(=O)CC1c1ccccc1C. The molecular formula is C30H35N3O5. The monoisotopic (exact) mass is 517 g/mol. The second kappa shape index (κ2) is 11.6. The van der Waals surface area contributed by atoms with Gasteiger partial charge in [0, 0.05) is 56.7 Å². The van der Waals surface area contributed by atoms with E-state index < -0.39 is 5.97 Å². The van der Waals surface area contributed by atoms with E-state index in [2.05, 4.69) is 0 Å². The Morgan fingerprint density at radius 3 is 2.29 bits per heavy atom. The van der Waals surface area contributed by atoms with E-state index in [1.54, 1.807) is 40.7 Å². The molecule has 0 aromatic heterocycles. The average Bonchev–Trinajstić information content (AvgIpc) is 2.91. The lowest BCUT2D eigenvalue weighted by Crippen LogP contribution is -2.50. The Labute approximate surface area is 223 Å². The minimum absolute atomic E-state index is 0.0144. The van der Waals surface area contributed by atoms with Crippen molar-refractivity contribution in [3.63, 3.8) is 0 Å². The van der Waals surface area contributed by atoms with Crippen molar-refractivity contribution in [2.24, 2.45) is 0 Å². The first-order valence-electron chi connectivity index (χ1n) is 13.1. The summed E-state index contributed by atoms with van der Waals surface area (Å²) in [6.07, 6.45) is 0.162. The number of amides is 3. The van der Waals surface area contributed by atoms with Crippen LogP contribution in [0.3, 0.4) is 0 Å². The van der Waals surface area contributed by atoms with E-state index in [0.717, 1.165) is 16.7 Å². The zero-order valence-electron chi connectivity index (χ0n) is 22.5.